The van der Waals surface area contributed by atoms with E-state index in [4.69, 9.17) is 0 Å². The maximum atomic E-state index is 12.2. The van der Waals surface area contributed by atoms with Crippen LogP contribution in [0.4, 0.5) is 5.13 Å². The van der Waals surface area contributed by atoms with Crippen LogP contribution in [0.25, 0.3) is 11.3 Å². The summed E-state index contributed by atoms with van der Waals surface area (Å²) in [5, 5.41) is 18.8. The van der Waals surface area contributed by atoms with Gasteiger partial charge in [0, 0.05) is 23.5 Å². The van der Waals surface area contributed by atoms with Crippen molar-refractivity contribution in [3.05, 3.63) is 41.5 Å². The number of hydrogen-bond acceptors (Lipinski definition) is 7. The molecular formula is C21H26N6OS2. The van der Waals surface area contributed by atoms with Gasteiger partial charge in [-0.15, -0.1) is 21.5 Å². The van der Waals surface area contributed by atoms with Gasteiger partial charge < -0.3 is 15.2 Å². The van der Waals surface area contributed by atoms with Crippen molar-refractivity contribution in [3.8, 4) is 11.3 Å². The van der Waals surface area contributed by atoms with Gasteiger partial charge in [0.1, 0.15) is 0 Å². The zero-order valence-corrected chi connectivity index (χ0v) is 18.6. The van der Waals surface area contributed by atoms with Crippen LogP contribution in [-0.2, 0) is 17.9 Å². The van der Waals surface area contributed by atoms with Gasteiger partial charge in [0.2, 0.25) is 5.91 Å². The van der Waals surface area contributed by atoms with Crippen molar-refractivity contribution in [2.24, 2.45) is 0 Å². The summed E-state index contributed by atoms with van der Waals surface area (Å²) in [5.41, 5.74) is 2.07. The third-order valence-corrected chi connectivity index (χ3v) is 6.90. The van der Waals surface area contributed by atoms with E-state index in [2.05, 4.69) is 44.9 Å². The van der Waals surface area contributed by atoms with E-state index >= 15 is 0 Å². The number of thiazole rings is 1. The zero-order chi connectivity index (χ0) is 20.8. The molecule has 158 valence electrons. The Hall–Kier alpha value is -2.39. The number of thioether (sulfide) groups is 1. The Kier molecular flexibility index (Phi) is 7.01. The van der Waals surface area contributed by atoms with E-state index in [-0.39, 0.29) is 5.91 Å². The van der Waals surface area contributed by atoms with Gasteiger partial charge in [0.15, 0.2) is 16.1 Å². The van der Waals surface area contributed by atoms with Gasteiger partial charge in [-0.1, -0.05) is 54.9 Å². The molecule has 1 amide bonds. The fraction of sp³-hybridized carbons (Fsp3) is 0.429. The Morgan fingerprint density at radius 3 is 2.80 bits per heavy atom. The van der Waals surface area contributed by atoms with Crippen molar-refractivity contribution in [1.82, 2.24) is 25.1 Å². The molecule has 7 nitrogen and oxygen atoms in total. The lowest BCUT2D eigenvalue weighted by atomic mass is 10.2. The molecule has 2 N–H and O–H groups in total. The topological polar surface area (TPSA) is 84.7 Å². The lowest BCUT2D eigenvalue weighted by Crippen LogP contribution is -2.33. The van der Waals surface area contributed by atoms with Crippen molar-refractivity contribution >= 4 is 34.1 Å². The quantitative estimate of drug-likeness (QED) is 0.484. The molecule has 1 fully saturated rings. The van der Waals surface area contributed by atoms with Gasteiger partial charge in [-0.05, 0) is 19.8 Å². The summed E-state index contributed by atoms with van der Waals surface area (Å²) in [6.45, 7) is 3.35. The molecule has 0 saturated heterocycles. The van der Waals surface area contributed by atoms with E-state index in [1.807, 2.05) is 28.1 Å². The SMILES string of the molecule is CCn1c(CNc2nc(-c3ccccc3)cs2)nnc1SCC(=O)NC1CCCC1. The molecule has 9 heteroatoms. The lowest BCUT2D eigenvalue weighted by molar-refractivity contribution is -0.119. The van der Waals surface area contributed by atoms with Crippen molar-refractivity contribution in [2.45, 2.75) is 56.9 Å². The maximum Gasteiger partial charge on any atom is 0.230 e. The van der Waals surface area contributed by atoms with Crippen LogP contribution in [0.3, 0.4) is 0 Å². The molecule has 1 aliphatic rings. The standard InChI is InChI=1S/C21H26N6OS2/c1-2-27-18(12-22-20-24-17(13-29-20)15-8-4-3-5-9-15)25-26-21(27)30-14-19(28)23-16-10-6-7-11-16/h3-5,8-9,13,16H,2,6-7,10-12,14H2,1H3,(H,22,24)(H,23,28). The van der Waals surface area contributed by atoms with Crippen molar-refractivity contribution in [2.75, 3.05) is 11.1 Å². The number of amides is 1. The molecule has 2 aromatic heterocycles. The second kappa shape index (κ2) is 10.1. The summed E-state index contributed by atoms with van der Waals surface area (Å²) in [7, 11) is 0. The fourth-order valence-electron chi connectivity index (χ4n) is 3.59. The molecule has 4 rings (SSSR count). The van der Waals surface area contributed by atoms with E-state index in [9.17, 15) is 4.79 Å². The second-order valence-electron chi connectivity index (χ2n) is 7.24. The van der Waals surface area contributed by atoms with E-state index in [1.54, 1.807) is 11.3 Å². The number of rotatable bonds is 9. The molecule has 1 aliphatic carbocycles. The molecule has 0 atom stereocenters. The number of anilines is 1. The number of benzene rings is 1. The number of carbonyl (C=O) groups excluding carboxylic acids is 1. The predicted molar refractivity (Wildman–Crippen MR) is 122 cm³/mol. The first-order valence-corrected chi connectivity index (χ1v) is 12.2. The van der Waals surface area contributed by atoms with Crippen LogP contribution in [0, 0.1) is 0 Å². The molecule has 0 bridgehead atoms. The molecule has 1 saturated carbocycles. The molecular weight excluding hydrogens is 416 g/mol. The number of hydrogen-bond donors (Lipinski definition) is 2. The van der Waals surface area contributed by atoms with Crippen LogP contribution in [0.5, 0.6) is 0 Å². The minimum Gasteiger partial charge on any atom is -0.354 e. The predicted octanol–water partition coefficient (Wildman–Crippen LogP) is 4.18. The lowest BCUT2D eigenvalue weighted by Gasteiger charge is -2.11. The smallest absolute Gasteiger partial charge is 0.230 e. The Morgan fingerprint density at radius 2 is 2.03 bits per heavy atom. The van der Waals surface area contributed by atoms with Crippen LogP contribution in [0.2, 0.25) is 0 Å². The summed E-state index contributed by atoms with van der Waals surface area (Å²) in [5.74, 6) is 1.29. The summed E-state index contributed by atoms with van der Waals surface area (Å²) in [6, 6.07) is 10.5. The number of aromatic nitrogens is 4. The molecule has 0 radical (unpaired) electrons. The minimum atomic E-state index is 0.0773. The van der Waals surface area contributed by atoms with E-state index < -0.39 is 0 Å². The normalized spacial score (nSPS) is 14.2. The fourth-order valence-corrected chi connectivity index (χ4v) is 5.15. The Labute approximate surface area is 184 Å². The molecule has 2 heterocycles. The van der Waals surface area contributed by atoms with Crippen LogP contribution < -0.4 is 10.6 Å². The van der Waals surface area contributed by atoms with Gasteiger partial charge in [-0.25, -0.2) is 4.98 Å². The molecule has 1 aromatic carbocycles. The number of carbonyl (C=O) groups is 1. The molecule has 30 heavy (non-hydrogen) atoms. The highest BCUT2D eigenvalue weighted by Gasteiger charge is 2.18. The van der Waals surface area contributed by atoms with Gasteiger partial charge in [-0.2, -0.15) is 0 Å². The van der Waals surface area contributed by atoms with Gasteiger partial charge >= 0.3 is 0 Å². The summed E-state index contributed by atoms with van der Waals surface area (Å²) in [6.07, 6.45) is 4.62. The summed E-state index contributed by atoms with van der Waals surface area (Å²) in [4.78, 5) is 16.9. The second-order valence-corrected chi connectivity index (χ2v) is 9.04. The first-order chi connectivity index (χ1) is 14.7. The number of nitrogens with zero attached hydrogens (tertiary/aromatic N) is 4. The zero-order valence-electron chi connectivity index (χ0n) is 17.0. The van der Waals surface area contributed by atoms with Crippen molar-refractivity contribution < 1.29 is 4.79 Å². The first kappa shape index (κ1) is 20.9. The number of nitrogens with one attached hydrogen (secondary N) is 2. The highest BCUT2D eigenvalue weighted by molar-refractivity contribution is 7.99. The van der Waals surface area contributed by atoms with Gasteiger partial charge in [0.05, 0.1) is 18.0 Å². The summed E-state index contributed by atoms with van der Waals surface area (Å²) >= 11 is 3.02. The van der Waals surface area contributed by atoms with Gasteiger partial charge in [0.25, 0.3) is 0 Å². The van der Waals surface area contributed by atoms with Crippen LogP contribution in [0.15, 0.2) is 40.9 Å². The largest absolute Gasteiger partial charge is 0.354 e. The average molecular weight is 443 g/mol. The van der Waals surface area contributed by atoms with E-state index in [0.717, 1.165) is 46.8 Å². The highest BCUT2D eigenvalue weighted by atomic mass is 32.2. The van der Waals surface area contributed by atoms with E-state index in [1.165, 1.54) is 24.6 Å². The van der Waals surface area contributed by atoms with Crippen molar-refractivity contribution in [3.63, 3.8) is 0 Å². The summed E-state index contributed by atoms with van der Waals surface area (Å²) < 4.78 is 2.05. The Morgan fingerprint density at radius 1 is 1.23 bits per heavy atom. The van der Waals surface area contributed by atoms with Crippen LogP contribution in [0.1, 0.15) is 38.4 Å². The first-order valence-electron chi connectivity index (χ1n) is 10.3. The third kappa shape index (κ3) is 5.20. The Bertz CT molecular complexity index is 965. The van der Waals surface area contributed by atoms with Crippen LogP contribution >= 0.6 is 23.1 Å². The van der Waals surface area contributed by atoms with E-state index in [0.29, 0.717) is 18.3 Å². The minimum absolute atomic E-state index is 0.0773. The van der Waals surface area contributed by atoms with Gasteiger partial charge in [-0.3, -0.25) is 4.79 Å². The molecule has 0 spiro atoms. The van der Waals surface area contributed by atoms with Crippen molar-refractivity contribution in [1.29, 1.82) is 0 Å². The van der Waals surface area contributed by atoms with Crippen LogP contribution in [-0.4, -0.2) is 37.5 Å². The maximum absolute atomic E-state index is 12.2. The molecule has 0 unspecified atom stereocenters. The third-order valence-electron chi connectivity index (χ3n) is 5.13. The molecule has 0 aliphatic heterocycles. The average Bonchev–Trinajstić information content (AvgIpc) is 3.52. The Balaban J connectivity index is 1.32. The molecule has 3 aromatic rings. The monoisotopic (exact) mass is 442 g/mol. The highest BCUT2D eigenvalue weighted by Crippen LogP contribution is 2.25.